The maximum atomic E-state index is 11.6. The van der Waals surface area contributed by atoms with Gasteiger partial charge >= 0.3 is 0 Å². The Bertz CT molecular complexity index is 1180. The van der Waals surface area contributed by atoms with Gasteiger partial charge in [0.05, 0.1) is 24.7 Å². The summed E-state index contributed by atoms with van der Waals surface area (Å²) in [4.78, 5) is 16.6. The Morgan fingerprint density at radius 1 is 1.31 bits per heavy atom. The van der Waals surface area contributed by atoms with Crippen molar-refractivity contribution in [2.24, 2.45) is 10.1 Å². The number of aromatic nitrogens is 1. The van der Waals surface area contributed by atoms with E-state index in [1.54, 1.807) is 36.1 Å². The van der Waals surface area contributed by atoms with E-state index in [1.807, 2.05) is 23.6 Å². The van der Waals surface area contributed by atoms with Gasteiger partial charge in [0.15, 0.2) is 18.1 Å². The minimum Gasteiger partial charge on any atom is -0.504 e. The zero-order valence-corrected chi connectivity index (χ0v) is 16.6. The van der Waals surface area contributed by atoms with Crippen LogP contribution in [0.4, 0.5) is 5.69 Å². The van der Waals surface area contributed by atoms with Gasteiger partial charge in [0, 0.05) is 18.0 Å². The van der Waals surface area contributed by atoms with E-state index in [1.165, 1.54) is 18.4 Å². The van der Waals surface area contributed by atoms with Crippen molar-refractivity contribution in [3.8, 4) is 28.5 Å². The van der Waals surface area contributed by atoms with Crippen molar-refractivity contribution in [1.29, 1.82) is 0 Å². The van der Waals surface area contributed by atoms with Gasteiger partial charge in [-0.1, -0.05) is 0 Å². The number of thiazole rings is 1. The van der Waals surface area contributed by atoms with E-state index in [2.05, 4.69) is 15.4 Å². The average Bonchev–Trinajstić information content (AvgIpc) is 3.15. The lowest BCUT2D eigenvalue weighted by Crippen LogP contribution is -2.25. The number of phenols is 1. The lowest BCUT2D eigenvalue weighted by atomic mass is 10.1. The molecular weight excluding hydrogens is 392 g/mol. The Hall–Kier alpha value is -3.59. The van der Waals surface area contributed by atoms with E-state index in [4.69, 9.17) is 9.47 Å². The number of phenolic OH excluding ortho intramolecular Hbond substituents is 1. The summed E-state index contributed by atoms with van der Waals surface area (Å²) in [5.74, 6) is 0.887. The number of aromatic hydroxyl groups is 1. The third-order valence-electron chi connectivity index (χ3n) is 4.31. The molecule has 0 atom stereocenters. The van der Waals surface area contributed by atoms with Gasteiger partial charge in [-0.3, -0.25) is 9.79 Å². The molecule has 0 spiro atoms. The molecule has 9 heteroatoms. The highest BCUT2D eigenvalue weighted by molar-refractivity contribution is 7.07. The summed E-state index contributed by atoms with van der Waals surface area (Å²) in [6, 6.07) is 10.6. The molecule has 1 aromatic heterocycles. The van der Waals surface area contributed by atoms with Crippen molar-refractivity contribution in [2.75, 3.05) is 26.1 Å². The predicted molar refractivity (Wildman–Crippen MR) is 111 cm³/mol. The highest BCUT2D eigenvalue weighted by atomic mass is 32.1. The summed E-state index contributed by atoms with van der Waals surface area (Å²) in [7, 11) is 3.19. The number of carbonyl (C=O) groups is 1. The van der Waals surface area contributed by atoms with Crippen molar-refractivity contribution in [3.05, 3.63) is 52.1 Å². The summed E-state index contributed by atoms with van der Waals surface area (Å²) in [6.45, 7) is 0.0179. The van der Waals surface area contributed by atoms with E-state index in [-0.39, 0.29) is 18.3 Å². The van der Waals surface area contributed by atoms with Crippen LogP contribution in [0.25, 0.3) is 11.3 Å². The fraction of sp³-hybridized carbons (Fsp3) is 0.150. The standard InChI is InChI=1S/C20H18N4O4S/c1-21-20-24(22-9-12-3-5-16(25)18(7-12)27-2)15(11-29-20)13-4-6-17-14(8-13)23-19(26)10-28-17/h3-9,11,25H,10H2,1-2H3,(H,23,26). The van der Waals surface area contributed by atoms with Gasteiger partial charge in [0.1, 0.15) is 5.75 Å². The number of hydrogen-bond donors (Lipinski definition) is 2. The number of methoxy groups -OCH3 is 1. The smallest absolute Gasteiger partial charge is 0.262 e. The van der Waals surface area contributed by atoms with Crippen molar-refractivity contribution in [2.45, 2.75) is 0 Å². The van der Waals surface area contributed by atoms with E-state index in [9.17, 15) is 9.90 Å². The number of nitrogens with zero attached hydrogens (tertiary/aromatic N) is 3. The maximum Gasteiger partial charge on any atom is 0.262 e. The second-order valence-electron chi connectivity index (χ2n) is 6.16. The molecule has 0 bridgehead atoms. The van der Waals surface area contributed by atoms with Gasteiger partial charge in [-0.15, -0.1) is 11.3 Å². The van der Waals surface area contributed by atoms with Gasteiger partial charge in [0.2, 0.25) is 4.80 Å². The molecule has 0 saturated heterocycles. The Balaban J connectivity index is 1.74. The zero-order chi connectivity index (χ0) is 20.4. The number of carbonyl (C=O) groups excluding carboxylic acids is 1. The molecule has 2 aromatic carbocycles. The molecule has 1 aliphatic heterocycles. The summed E-state index contributed by atoms with van der Waals surface area (Å²) in [5, 5.41) is 19.1. The first-order chi connectivity index (χ1) is 14.1. The number of hydrogen-bond acceptors (Lipinski definition) is 7. The predicted octanol–water partition coefficient (Wildman–Crippen LogP) is 2.67. The summed E-state index contributed by atoms with van der Waals surface area (Å²) >= 11 is 1.45. The van der Waals surface area contributed by atoms with Crippen LogP contribution >= 0.6 is 11.3 Å². The molecule has 29 heavy (non-hydrogen) atoms. The summed E-state index contributed by atoms with van der Waals surface area (Å²) in [5.41, 5.74) is 3.07. The topological polar surface area (TPSA) is 97.4 Å². The zero-order valence-electron chi connectivity index (χ0n) is 15.7. The van der Waals surface area contributed by atoms with Crippen LogP contribution in [-0.4, -0.2) is 42.7 Å². The molecule has 3 aromatic rings. The molecular formula is C20H18N4O4S. The second-order valence-corrected chi connectivity index (χ2v) is 7.00. The number of nitrogens with one attached hydrogen (secondary N) is 1. The number of benzene rings is 2. The second kappa shape index (κ2) is 7.80. The van der Waals surface area contributed by atoms with E-state index < -0.39 is 0 Å². The van der Waals surface area contributed by atoms with Crippen molar-refractivity contribution >= 4 is 29.1 Å². The van der Waals surface area contributed by atoms with Crippen LogP contribution in [0.15, 0.2) is 51.9 Å². The summed E-state index contributed by atoms with van der Waals surface area (Å²) in [6.07, 6.45) is 1.66. The first kappa shape index (κ1) is 18.8. The lowest BCUT2D eigenvalue weighted by Gasteiger charge is -2.18. The van der Waals surface area contributed by atoms with Crippen LogP contribution in [0, 0.1) is 0 Å². The molecule has 0 unspecified atom stereocenters. The molecule has 8 nitrogen and oxygen atoms in total. The molecule has 1 amide bonds. The third-order valence-corrected chi connectivity index (χ3v) is 5.22. The Morgan fingerprint density at radius 2 is 2.17 bits per heavy atom. The number of amides is 1. The molecule has 0 aliphatic carbocycles. The van der Waals surface area contributed by atoms with Crippen LogP contribution in [0.1, 0.15) is 5.56 Å². The van der Waals surface area contributed by atoms with Gasteiger partial charge in [-0.25, -0.2) is 4.68 Å². The molecule has 0 fully saturated rings. The SMILES string of the molecule is CN=c1scc(-c2ccc3c(c2)NC(=O)CO3)n1N=Cc1ccc(O)c(OC)c1. The van der Waals surface area contributed by atoms with Crippen LogP contribution in [-0.2, 0) is 4.79 Å². The number of anilines is 1. The van der Waals surface area contributed by atoms with Crippen molar-refractivity contribution in [3.63, 3.8) is 0 Å². The van der Waals surface area contributed by atoms with Crippen LogP contribution < -0.4 is 19.6 Å². The summed E-state index contributed by atoms with van der Waals surface area (Å²) < 4.78 is 12.3. The van der Waals surface area contributed by atoms with Gasteiger partial charge in [-0.05, 0) is 42.0 Å². The Kier molecular flexibility index (Phi) is 5.05. The molecule has 1 aliphatic rings. The highest BCUT2D eigenvalue weighted by Gasteiger charge is 2.17. The lowest BCUT2D eigenvalue weighted by molar-refractivity contribution is -0.118. The normalized spacial score (nSPS) is 13.9. The molecule has 2 heterocycles. The maximum absolute atomic E-state index is 11.6. The van der Waals surface area contributed by atoms with Crippen molar-refractivity contribution in [1.82, 2.24) is 4.68 Å². The molecule has 4 rings (SSSR count). The first-order valence-electron chi connectivity index (χ1n) is 8.71. The van der Waals surface area contributed by atoms with Crippen LogP contribution in [0.3, 0.4) is 0 Å². The van der Waals surface area contributed by atoms with Gasteiger partial charge in [-0.2, -0.15) is 5.10 Å². The van der Waals surface area contributed by atoms with Crippen LogP contribution in [0.5, 0.6) is 17.2 Å². The minimum atomic E-state index is -0.184. The number of fused-ring (bicyclic) bond motifs is 1. The Labute approximate surface area is 170 Å². The first-order valence-corrected chi connectivity index (χ1v) is 9.59. The molecule has 0 saturated carbocycles. The fourth-order valence-electron chi connectivity index (χ4n) is 2.90. The highest BCUT2D eigenvalue weighted by Crippen LogP contribution is 2.33. The molecule has 0 radical (unpaired) electrons. The minimum absolute atomic E-state index is 0.0179. The monoisotopic (exact) mass is 410 g/mol. The average molecular weight is 410 g/mol. The molecule has 2 N–H and O–H groups in total. The largest absolute Gasteiger partial charge is 0.504 e. The Morgan fingerprint density at radius 3 is 2.97 bits per heavy atom. The van der Waals surface area contributed by atoms with E-state index in [0.29, 0.717) is 22.0 Å². The molecule has 148 valence electrons. The van der Waals surface area contributed by atoms with E-state index >= 15 is 0 Å². The quantitative estimate of drug-likeness (QED) is 0.646. The number of ether oxygens (including phenoxy) is 2. The van der Waals surface area contributed by atoms with Gasteiger partial charge in [0.25, 0.3) is 5.91 Å². The number of rotatable bonds is 4. The third kappa shape index (κ3) is 3.72. The van der Waals surface area contributed by atoms with Gasteiger partial charge < -0.3 is 19.9 Å². The van der Waals surface area contributed by atoms with Crippen LogP contribution in [0.2, 0.25) is 0 Å². The fourth-order valence-corrected chi connectivity index (χ4v) is 3.71. The van der Waals surface area contributed by atoms with Crippen molar-refractivity contribution < 1.29 is 19.4 Å². The van der Waals surface area contributed by atoms with E-state index in [0.717, 1.165) is 16.8 Å².